The fraction of sp³-hybridized carbons (Fsp3) is 0.118. The number of fused-ring (bicyclic) bond motifs is 1. The summed E-state index contributed by atoms with van der Waals surface area (Å²) in [5.41, 5.74) is 1.12. The Bertz CT molecular complexity index is 826. The third-order valence-electron chi connectivity index (χ3n) is 3.24. The summed E-state index contributed by atoms with van der Waals surface area (Å²) in [5.74, 6) is 0.702. The van der Waals surface area contributed by atoms with Gasteiger partial charge in [0.25, 0.3) is 0 Å². The van der Waals surface area contributed by atoms with Gasteiger partial charge in [-0.3, -0.25) is 4.79 Å². The fourth-order valence-electron chi connectivity index (χ4n) is 2.14. The van der Waals surface area contributed by atoms with Crippen LogP contribution < -0.4 is 19.5 Å². The second-order valence-corrected chi connectivity index (χ2v) is 5.37. The van der Waals surface area contributed by atoms with Crippen molar-refractivity contribution in [1.29, 1.82) is 0 Å². The highest BCUT2D eigenvalue weighted by atomic mass is 35.5. The third kappa shape index (κ3) is 4.39. The molecular weight excluding hydrogens is 356 g/mol. The standard InChI is InChI=1S/C17H12ClF2NO4/c18-12-8-11(3-5-13(12)25-17(19)20)21-16(22)6-2-10-1-4-14-15(7-10)24-9-23-14/h1-8,17H,9H2,(H,21,22)/b6-2+. The van der Waals surface area contributed by atoms with Crippen LogP contribution in [0.25, 0.3) is 6.08 Å². The zero-order valence-electron chi connectivity index (χ0n) is 12.7. The molecule has 130 valence electrons. The molecule has 2 aromatic rings. The Kier molecular flexibility index (Phi) is 5.04. The monoisotopic (exact) mass is 367 g/mol. The van der Waals surface area contributed by atoms with E-state index in [1.807, 2.05) is 0 Å². The van der Waals surface area contributed by atoms with Crippen LogP contribution >= 0.6 is 11.6 Å². The van der Waals surface area contributed by atoms with Crippen molar-refractivity contribution in [3.8, 4) is 17.2 Å². The SMILES string of the molecule is O=C(/C=C/c1ccc2c(c1)OCO2)Nc1ccc(OC(F)F)c(Cl)c1. The molecule has 0 aromatic heterocycles. The molecule has 0 aliphatic carbocycles. The van der Waals surface area contributed by atoms with E-state index in [1.165, 1.54) is 24.3 Å². The van der Waals surface area contributed by atoms with E-state index in [2.05, 4.69) is 10.1 Å². The number of hydrogen-bond acceptors (Lipinski definition) is 4. The van der Waals surface area contributed by atoms with Gasteiger partial charge in [0.2, 0.25) is 12.7 Å². The maximum atomic E-state index is 12.2. The average Bonchev–Trinajstić information content (AvgIpc) is 3.03. The first-order valence-electron chi connectivity index (χ1n) is 7.14. The van der Waals surface area contributed by atoms with Crippen LogP contribution in [0.4, 0.5) is 14.5 Å². The molecule has 0 fully saturated rings. The zero-order valence-corrected chi connectivity index (χ0v) is 13.4. The molecular formula is C17H12ClF2NO4. The summed E-state index contributed by atoms with van der Waals surface area (Å²) in [7, 11) is 0. The molecule has 1 heterocycles. The number of benzene rings is 2. The van der Waals surface area contributed by atoms with E-state index in [1.54, 1.807) is 24.3 Å². The number of carbonyl (C=O) groups is 1. The minimum absolute atomic E-state index is 0.0298. The number of hydrogen-bond donors (Lipinski definition) is 1. The smallest absolute Gasteiger partial charge is 0.387 e. The van der Waals surface area contributed by atoms with Gasteiger partial charge in [-0.15, -0.1) is 0 Å². The van der Waals surface area contributed by atoms with Crippen LogP contribution in [-0.4, -0.2) is 19.3 Å². The lowest BCUT2D eigenvalue weighted by atomic mass is 10.2. The molecule has 2 aromatic carbocycles. The molecule has 25 heavy (non-hydrogen) atoms. The normalized spacial score (nSPS) is 12.6. The van der Waals surface area contributed by atoms with Crippen LogP contribution in [0.1, 0.15) is 5.56 Å². The van der Waals surface area contributed by atoms with Crippen LogP contribution in [-0.2, 0) is 4.79 Å². The van der Waals surface area contributed by atoms with Crippen molar-refractivity contribution in [2.24, 2.45) is 0 Å². The summed E-state index contributed by atoms with van der Waals surface area (Å²) in [5, 5.41) is 2.55. The van der Waals surface area contributed by atoms with Gasteiger partial charge in [0.15, 0.2) is 11.5 Å². The van der Waals surface area contributed by atoms with Crippen LogP contribution in [0.3, 0.4) is 0 Å². The molecule has 3 rings (SSSR count). The molecule has 1 aliphatic heterocycles. The predicted molar refractivity (Wildman–Crippen MR) is 88.3 cm³/mol. The quantitative estimate of drug-likeness (QED) is 0.799. The largest absolute Gasteiger partial charge is 0.454 e. The Labute approximate surface area is 146 Å². The van der Waals surface area contributed by atoms with E-state index in [0.29, 0.717) is 17.2 Å². The van der Waals surface area contributed by atoms with E-state index < -0.39 is 12.5 Å². The van der Waals surface area contributed by atoms with E-state index >= 15 is 0 Å². The molecule has 1 N–H and O–H groups in total. The van der Waals surface area contributed by atoms with Gasteiger partial charge >= 0.3 is 6.61 Å². The van der Waals surface area contributed by atoms with E-state index in [-0.39, 0.29) is 17.6 Å². The minimum Gasteiger partial charge on any atom is -0.454 e. The summed E-state index contributed by atoms with van der Waals surface area (Å²) >= 11 is 5.83. The van der Waals surface area contributed by atoms with Crippen molar-refractivity contribution < 1.29 is 27.8 Å². The highest BCUT2D eigenvalue weighted by molar-refractivity contribution is 6.32. The molecule has 0 unspecified atom stereocenters. The molecule has 1 amide bonds. The molecule has 0 saturated heterocycles. The van der Waals surface area contributed by atoms with Crippen molar-refractivity contribution in [3.05, 3.63) is 53.1 Å². The topological polar surface area (TPSA) is 56.8 Å². The number of rotatable bonds is 5. The molecule has 0 spiro atoms. The molecule has 0 saturated carbocycles. The lowest BCUT2D eigenvalue weighted by molar-refractivity contribution is -0.111. The Morgan fingerprint density at radius 1 is 1.20 bits per heavy atom. The molecule has 8 heteroatoms. The second-order valence-electron chi connectivity index (χ2n) is 4.96. The van der Waals surface area contributed by atoms with Crippen molar-refractivity contribution in [1.82, 2.24) is 0 Å². The first kappa shape index (κ1) is 17.0. The van der Waals surface area contributed by atoms with Crippen molar-refractivity contribution in [3.63, 3.8) is 0 Å². The number of alkyl halides is 2. The zero-order chi connectivity index (χ0) is 17.8. The van der Waals surface area contributed by atoms with Gasteiger partial charge in [0.1, 0.15) is 5.75 Å². The van der Waals surface area contributed by atoms with Gasteiger partial charge < -0.3 is 19.5 Å². The molecule has 0 bridgehead atoms. The Balaban J connectivity index is 1.63. The first-order chi connectivity index (χ1) is 12.0. The Hall–Kier alpha value is -2.80. The van der Waals surface area contributed by atoms with Gasteiger partial charge in [-0.05, 0) is 42.0 Å². The first-order valence-corrected chi connectivity index (χ1v) is 7.52. The maximum Gasteiger partial charge on any atom is 0.387 e. The van der Waals surface area contributed by atoms with Gasteiger partial charge in [0.05, 0.1) is 5.02 Å². The van der Waals surface area contributed by atoms with Crippen molar-refractivity contribution >= 4 is 29.3 Å². The second kappa shape index (κ2) is 7.40. The highest BCUT2D eigenvalue weighted by Crippen LogP contribution is 2.33. The number of nitrogens with one attached hydrogen (secondary N) is 1. The molecule has 0 radical (unpaired) electrons. The summed E-state index contributed by atoms with van der Waals surface area (Å²) in [4.78, 5) is 11.9. The highest BCUT2D eigenvalue weighted by Gasteiger charge is 2.12. The summed E-state index contributed by atoms with van der Waals surface area (Å²) < 4.78 is 39.1. The molecule has 5 nitrogen and oxygen atoms in total. The van der Waals surface area contributed by atoms with Gasteiger partial charge in [0, 0.05) is 11.8 Å². The lowest BCUT2D eigenvalue weighted by Crippen LogP contribution is -2.08. The van der Waals surface area contributed by atoms with E-state index in [4.69, 9.17) is 21.1 Å². The number of ether oxygens (including phenoxy) is 3. The predicted octanol–water partition coefficient (Wildman–Crippen LogP) is 4.32. The van der Waals surface area contributed by atoms with Gasteiger partial charge in [-0.2, -0.15) is 8.78 Å². The summed E-state index contributed by atoms with van der Waals surface area (Å²) in [6.07, 6.45) is 2.93. The average molecular weight is 368 g/mol. The summed E-state index contributed by atoms with van der Waals surface area (Å²) in [6.45, 7) is -2.79. The Morgan fingerprint density at radius 3 is 2.76 bits per heavy atom. The van der Waals surface area contributed by atoms with Gasteiger partial charge in [-0.25, -0.2) is 0 Å². The third-order valence-corrected chi connectivity index (χ3v) is 3.53. The van der Waals surface area contributed by atoms with E-state index in [9.17, 15) is 13.6 Å². The summed E-state index contributed by atoms with van der Waals surface area (Å²) in [6, 6.07) is 9.28. The maximum absolute atomic E-state index is 12.2. The Morgan fingerprint density at radius 2 is 2.00 bits per heavy atom. The van der Waals surface area contributed by atoms with Crippen molar-refractivity contribution in [2.45, 2.75) is 6.61 Å². The minimum atomic E-state index is -2.97. The van der Waals surface area contributed by atoms with Crippen molar-refractivity contribution in [2.75, 3.05) is 12.1 Å². The van der Waals surface area contributed by atoms with Crippen LogP contribution in [0, 0.1) is 0 Å². The number of anilines is 1. The number of amides is 1. The van der Waals surface area contributed by atoms with Crippen LogP contribution in [0.2, 0.25) is 5.02 Å². The van der Waals surface area contributed by atoms with E-state index in [0.717, 1.165) is 5.56 Å². The molecule has 1 aliphatic rings. The number of halogens is 3. The number of carbonyl (C=O) groups excluding carboxylic acids is 1. The fourth-order valence-corrected chi connectivity index (χ4v) is 2.37. The van der Waals surface area contributed by atoms with Crippen LogP contribution in [0.5, 0.6) is 17.2 Å². The van der Waals surface area contributed by atoms with Gasteiger partial charge in [-0.1, -0.05) is 17.7 Å². The van der Waals surface area contributed by atoms with Crippen LogP contribution in [0.15, 0.2) is 42.5 Å². The molecule has 0 atom stereocenters. The lowest BCUT2D eigenvalue weighted by Gasteiger charge is -2.08.